The maximum absolute atomic E-state index is 12.8. The van der Waals surface area contributed by atoms with Crippen LogP contribution in [0.5, 0.6) is 46.0 Å². The van der Waals surface area contributed by atoms with E-state index in [-0.39, 0.29) is 145 Å². The van der Waals surface area contributed by atoms with E-state index in [2.05, 4.69) is 62.6 Å². The van der Waals surface area contributed by atoms with Crippen molar-refractivity contribution in [2.75, 3.05) is 67.5 Å². The number of carboxylic acid groups (broad SMARTS) is 1. The van der Waals surface area contributed by atoms with Crippen molar-refractivity contribution in [1.82, 2.24) is 9.97 Å². The minimum Gasteiger partial charge on any atom is -1.00 e. The number of esters is 1. The minimum absolute atomic E-state index is 0. The first kappa shape index (κ1) is 88.1. The standard InChI is InChI=1S/C18H16BrNO3.C18H17BrO5.C18H17NO4.C16H16O4.C2H3BrO2.CH2O3.2K.H/c1-21-14-7-3-12(4-8-14)17-18(23-16(11-19)20-17)13-5-9-15(22-2)10-6-13;1-22-14-7-3-12(4-8-14)17(21)18(24-16(20)11-19)13-5-9-15(23-2)10-6-13;1-21-14-7-3-12(4-8-14)17-18(23-16(11-20)19-17)13-5-9-15(22-2)10-6-13;1-19-13-7-3-11(4-8-13)15(17)16(18)12-5-9-14(20-2)10-6-12;3-1-2(4)5;2-1-4-3;;;/h3-10H,11H2,1-2H3;3-10,18H,11H2,1-2H3;3-10,20H,11H2,1-2H3;3-10,15,17H,1-2H3;1H2,(H,4,5);1,3H;;;/q;;;;;;2*+1;-1/p-1. The number of carbonyl (C=O) groups excluding carboxylic acids is 4. The van der Waals surface area contributed by atoms with E-state index >= 15 is 0 Å². The number of hydrogen-bond acceptors (Lipinski definition) is 22. The van der Waals surface area contributed by atoms with Crippen molar-refractivity contribution in [3.63, 3.8) is 0 Å². The quantitative estimate of drug-likeness (QED) is 0.00994. The summed E-state index contributed by atoms with van der Waals surface area (Å²) in [6.45, 7) is -0.431. The number of aliphatic hydroxyl groups is 2. The van der Waals surface area contributed by atoms with Gasteiger partial charge >= 0.3 is 115 Å². The summed E-state index contributed by atoms with van der Waals surface area (Å²) < 4.78 is 58.0. The maximum atomic E-state index is 12.8. The number of nitrogens with zero attached hydrogens (tertiary/aromatic N) is 2. The Morgan fingerprint density at radius 2 is 0.733 bits per heavy atom. The van der Waals surface area contributed by atoms with Gasteiger partial charge in [-0.25, -0.2) is 9.97 Å². The molecule has 0 bridgehead atoms. The van der Waals surface area contributed by atoms with Gasteiger partial charge in [0.05, 0.1) is 62.2 Å². The molecule has 2 heterocycles. The van der Waals surface area contributed by atoms with Crippen LogP contribution in [0.2, 0.25) is 0 Å². The first-order valence-corrected chi connectivity index (χ1v) is 32.6. The monoisotopic (exact) mass is 1630 g/mol. The smallest absolute Gasteiger partial charge is 1.00 e. The molecular weight excluding hydrogens is 1560 g/mol. The molecule has 522 valence electrons. The molecule has 0 amide bonds. The Morgan fingerprint density at radius 1 is 0.455 bits per heavy atom. The Labute approximate surface area is 695 Å². The maximum Gasteiger partial charge on any atom is 1.00 e. The zero-order valence-electron chi connectivity index (χ0n) is 57.8. The number of ketones is 2. The normalized spacial score (nSPS) is 10.4. The van der Waals surface area contributed by atoms with Crippen LogP contribution in [0, 0.1) is 0 Å². The van der Waals surface area contributed by atoms with Crippen LogP contribution in [-0.4, -0.2) is 123 Å². The van der Waals surface area contributed by atoms with Crippen molar-refractivity contribution in [2.45, 2.75) is 24.1 Å². The van der Waals surface area contributed by atoms with Crippen LogP contribution in [-0.2, 0) is 35.9 Å². The molecule has 28 heteroatoms. The molecule has 0 saturated heterocycles. The number of rotatable bonds is 24. The molecular formula is C73H71Br3K2N2O21. The number of oxazole rings is 2. The summed E-state index contributed by atoms with van der Waals surface area (Å²) >= 11 is 9.15. The summed E-state index contributed by atoms with van der Waals surface area (Å²) in [7, 11) is 12.8. The van der Waals surface area contributed by atoms with Crippen molar-refractivity contribution >= 4 is 77.8 Å². The summed E-state index contributed by atoms with van der Waals surface area (Å²) in [5.41, 5.74) is 7.16. The average molecular weight is 1630 g/mol. The van der Waals surface area contributed by atoms with E-state index < -0.39 is 24.1 Å². The Bertz CT molecular complexity index is 3820. The van der Waals surface area contributed by atoms with E-state index in [9.17, 15) is 29.4 Å². The average Bonchev–Trinajstić information content (AvgIpc) is 1.64. The van der Waals surface area contributed by atoms with E-state index in [0.29, 0.717) is 67.9 Å². The predicted octanol–water partition coefficient (Wildman–Crippen LogP) is 7.65. The van der Waals surface area contributed by atoms with Gasteiger partial charge in [0.1, 0.15) is 80.8 Å². The van der Waals surface area contributed by atoms with Gasteiger partial charge in [-0.1, -0.05) is 72.1 Å². The molecule has 10 aromatic rings. The van der Waals surface area contributed by atoms with Gasteiger partial charge < -0.3 is 78.4 Å². The Balaban J connectivity index is 0.000000440. The number of hydrogen-bond donors (Lipinski definition) is 3. The second kappa shape index (κ2) is 48.0. The van der Waals surface area contributed by atoms with E-state index in [1.807, 2.05) is 97.1 Å². The molecule has 8 aromatic carbocycles. The third kappa shape index (κ3) is 27.9. The van der Waals surface area contributed by atoms with Crippen molar-refractivity contribution in [1.29, 1.82) is 0 Å². The fraction of sp³-hybridized carbons (Fsp3) is 0.192. The van der Waals surface area contributed by atoms with E-state index in [0.717, 1.165) is 56.7 Å². The molecule has 23 nitrogen and oxygen atoms in total. The van der Waals surface area contributed by atoms with Crippen molar-refractivity contribution in [3.8, 4) is 91.2 Å². The second-order valence-corrected chi connectivity index (χ2v) is 21.3. The molecule has 0 aliphatic rings. The van der Waals surface area contributed by atoms with Gasteiger partial charge in [-0.05, 0) is 175 Å². The summed E-state index contributed by atoms with van der Waals surface area (Å²) in [6.07, 6.45) is -2.20. The van der Waals surface area contributed by atoms with E-state index in [1.165, 1.54) is 0 Å². The van der Waals surface area contributed by atoms with Crippen LogP contribution < -0.4 is 146 Å². The topological polar surface area (TPSA) is 313 Å². The Hall–Kier alpha value is -7.08. The molecule has 0 saturated carbocycles. The third-order valence-corrected chi connectivity index (χ3v) is 15.0. The SMILES string of the molecule is COc1ccc(-c2nc(CBr)oc2-c2ccc(OC)cc2)cc1.COc1ccc(-c2nc(CO)oc2-c2ccc(OC)cc2)cc1.COc1ccc(C(=O)C(O)c2ccc(OC)cc2)cc1.COc1ccc(C(=O)C(OC(=O)CBr)c2ccc(OC)cc2)cc1.O=C(O)CBr.O=CO[O-].[H-].[K+].[K+]. The number of carbonyl (C=O) groups is 5. The number of benzene rings is 8. The zero-order chi connectivity index (χ0) is 72.2. The molecule has 0 fully saturated rings. The van der Waals surface area contributed by atoms with Crippen molar-refractivity contribution in [3.05, 3.63) is 228 Å². The number of Topliss-reactive ketones (excluding diaryl/α,β-unsaturated/α-hetero) is 2. The molecule has 2 atom stereocenters. The van der Waals surface area contributed by atoms with Crippen LogP contribution in [0.3, 0.4) is 0 Å². The van der Waals surface area contributed by atoms with Gasteiger partial charge in [-0.3, -0.25) is 24.0 Å². The molecule has 3 N–H and O–H groups in total. The van der Waals surface area contributed by atoms with Gasteiger partial charge in [-0.15, -0.1) is 0 Å². The number of ether oxygens (including phenoxy) is 9. The number of aliphatic carboxylic acids is 1. The Morgan fingerprint density at radius 3 is 1.02 bits per heavy atom. The fourth-order valence-electron chi connectivity index (χ4n) is 8.59. The Kier molecular flexibility index (Phi) is 41.9. The molecule has 0 radical (unpaired) electrons. The van der Waals surface area contributed by atoms with Crippen LogP contribution >= 0.6 is 47.8 Å². The number of halogens is 3. The number of aliphatic hydroxyl groups excluding tert-OH is 2. The summed E-state index contributed by atoms with van der Waals surface area (Å²) in [4.78, 5) is 66.2. The number of aromatic nitrogens is 2. The first-order chi connectivity index (χ1) is 47.9. The minimum atomic E-state index is -1.19. The number of alkyl halides is 3. The zero-order valence-corrected chi connectivity index (χ0v) is 67.8. The molecule has 10 rings (SSSR count). The first-order valence-electron chi connectivity index (χ1n) is 29.2. The van der Waals surface area contributed by atoms with Gasteiger partial charge in [0.25, 0.3) is 6.47 Å². The van der Waals surface area contributed by atoms with E-state index in [4.69, 9.17) is 66.6 Å². The summed E-state index contributed by atoms with van der Waals surface area (Å²) in [5.74, 6) is 6.07. The third-order valence-electron chi connectivity index (χ3n) is 13.6. The predicted molar refractivity (Wildman–Crippen MR) is 377 cm³/mol. The van der Waals surface area contributed by atoms with Crippen LogP contribution in [0.4, 0.5) is 0 Å². The number of methoxy groups -OCH3 is 8. The van der Waals surface area contributed by atoms with Crippen LogP contribution in [0.15, 0.2) is 203 Å². The molecule has 0 aliphatic carbocycles. The van der Waals surface area contributed by atoms with Crippen molar-refractivity contribution in [2.24, 2.45) is 0 Å². The molecule has 0 spiro atoms. The molecule has 2 unspecified atom stereocenters. The van der Waals surface area contributed by atoms with Gasteiger partial charge in [0.2, 0.25) is 17.6 Å². The van der Waals surface area contributed by atoms with Gasteiger partial charge in [0, 0.05) is 38.9 Å². The van der Waals surface area contributed by atoms with E-state index in [1.54, 1.807) is 154 Å². The molecule has 0 aliphatic heterocycles. The summed E-state index contributed by atoms with van der Waals surface area (Å²) in [5, 5.41) is 36.2. The van der Waals surface area contributed by atoms with Gasteiger partial charge in [0.15, 0.2) is 23.4 Å². The van der Waals surface area contributed by atoms with Crippen LogP contribution in [0.1, 0.15) is 57.3 Å². The molecule has 2 aromatic heterocycles. The largest absolute Gasteiger partial charge is 1.00 e. The number of carboxylic acids is 1. The van der Waals surface area contributed by atoms with Crippen LogP contribution in [0.25, 0.3) is 45.2 Å². The van der Waals surface area contributed by atoms with Crippen molar-refractivity contribution < 1.29 is 205 Å². The second-order valence-electron chi connectivity index (χ2n) is 19.6. The molecule has 101 heavy (non-hydrogen) atoms. The fourth-order valence-corrected chi connectivity index (χ4v) is 8.96. The van der Waals surface area contributed by atoms with Gasteiger partial charge in [-0.2, -0.15) is 0 Å². The summed E-state index contributed by atoms with van der Waals surface area (Å²) in [6, 6.07) is 57.4.